The van der Waals surface area contributed by atoms with Crippen molar-refractivity contribution in [2.24, 2.45) is 5.92 Å². The molecular weight excluding hydrogens is 386 g/mol. The minimum absolute atomic E-state index is 0.277. The van der Waals surface area contributed by atoms with E-state index in [4.69, 9.17) is 9.47 Å². The summed E-state index contributed by atoms with van der Waals surface area (Å²) in [6, 6.07) is 5.86. The van der Waals surface area contributed by atoms with Crippen LogP contribution in [0.4, 0.5) is 5.00 Å². The SMILES string of the molecule is CC[C@H]1CCc2c(sc(NC(=O)[C@@H](C)Oc3ccc(C)cc3C)c2C(=O)OC)C1. The number of fused-ring (bicyclic) bond motifs is 1. The van der Waals surface area contributed by atoms with Gasteiger partial charge in [-0.25, -0.2) is 4.79 Å². The normalized spacial score (nSPS) is 16.7. The average Bonchev–Trinajstić information content (AvgIpc) is 3.06. The van der Waals surface area contributed by atoms with Crippen LogP contribution < -0.4 is 10.1 Å². The summed E-state index contributed by atoms with van der Waals surface area (Å²) in [5, 5.41) is 3.49. The molecule has 1 aromatic carbocycles. The van der Waals surface area contributed by atoms with Gasteiger partial charge in [0.15, 0.2) is 6.10 Å². The van der Waals surface area contributed by atoms with E-state index < -0.39 is 12.1 Å². The van der Waals surface area contributed by atoms with Gasteiger partial charge in [-0.15, -0.1) is 11.3 Å². The second-order valence-electron chi connectivity index (χ2n) is 7.73. The molecule has 1 aromatic heterocycles. The summed E-state index contributed by atoms with van der Waals surface area (Å²) >= 11 is 1.49. The Hall–Kier alpha value is -2.34. The molecule has 156 valence electrons. The van der Waals surface area contributed by atoms with Gasteiger partial charge < -0.3 is 14.8 Å². The molecule has 0 fully saturated rings. The number of anilines is 1. The topological polar surface area (TPSA) is 64.6 Å². The number of esters is 1. The molecule has 5 nitrogen and oxygen atoms in total. The number of rotatable bonds is 6. The van der Waals surface area contributed by atoms with E-state index in [2.05, 4.69) is 12.2 Å². The molecular formula is C23H29NO4S. The molecule has 1 aliphatic carbocycles. The van der Waals surface area contributed by atoms with Crippen LogP contribution in [0, 0.1) is 19.8 Å². The molecule has 6 heteroatoms. The Bertz CT molecular complexity index is 918. The molecule has 0 aliphatic heterocycles. The van der Waals surface area contributed by atoms with Gasteiger partial charge in [0.2, 0.25) is 0 Å². The molecule has 1 aliphatic rings. The van der Waals surface area contributed by atoms with Crippen molar-refractivity contribution in [3.05, 3.63) is 45.3 Å². The van der Waals surface area contributed by atoms with E-state index in [9.17, 15) is 9.59 Å². The molecule has 0 bridgehead atoms. The van der Waals surface area contributed by atoms with E-state index in [-0.39, 0.29) is 5.91 Å². The summed E-state index contributed by atoms with van der Waals surface area (Å²) in [5.41, 5.74) is 3.67. The first kappa shape index (κ1) is 21.4. The highest BCUT2D eigenvalue weighted by Crippen LogP contribution is 2.40. The maximum absolute atomic E-state index is 12.8. The van der Waals surface area contributed by atoms with Crippen molar-refractivity contribution in [1.29, 1.82) is 0 Å². The van der Waals surface area contributed by atoms with Crippen LogP contribution in [0.25, 0.3) is 0 Å². The van der Waals surface area contributed by atoms with Crippen LogP contribution in [0.2, 0.25) is 0 Å². The lowest BCUT2D eigenvalue weighted by Gasteiger charge is -2.20. The number of thiophene rings is 1. The number of amides is 1. The zero-order valence-corrected chi connectivity index (χ0v) is 18.6. The quantitative estimate of drug-likeness (QED) is 0.669. The molecule has 1 amide bonds. The van der Waals surface area contributed by atoms with Gasteiger partial charge in [0, 0.05) is 4.88 Å². The number of nitrogens with one attached hydrogen (secondary N) is 1. The summed E-state index contributed by atoms with van der Waals surface area (Å²) in [6.45, 7) is 7.88. The highest BCUT2D eigenvalue weighted by molar-refractivity contribution is 7.17. The van der Waals surface area contributed by atoms with Crippen molar-refractivity contribution in [2.45, 2.75) is 59.5 Å². The Balaban J connectivity index is 1.80. The number of methoxy groups -OCH3 is 1. The van der Waals surface area contributed by atoms with Gasteiger partial charge >= 0.3 is 5.97 Å². The molecule has 2 atom stereocenters. The van der Waals surface area contributed by atoms with Gasteiger partial charge in [-0.2, -0.15) is 0 Å². The molecule has 0 saturated carbocycles. The minimum atomic E-state index is -0.690. The predicted molar refractivity (Wildman–Crippen MR) is 116 cm³/mol. The van der Waals surface area contributed by atoms with Crippen LogP contribution in [0.3, 0.4) is 0 Å². The number of benzene rings is 1. The third-order valence-electron chi connectivity index (χ3n) is 5.57. The molecule has 1 N–H and O–H groups in total. The van der Waals surface area contributed by atoms with E-state index in [0.29, 0.717) is 22.2 Å². The first-order valence-electron chi connectivity index (χ1n) is 10.1. The monoisotopic (exact) mass is 415 g/mol. The predicted octanol–water partition coefficient (Wildman–Crippen LogP) is 5.07. The molecule has 2 aromatic rings. The first-order chi connectivity index (χ1) is 13.8. The van der Waals surface area contributed by atoms with E-state index in [1.165, 1.54) is 23.3 Å². The largest absolute Gasteiger partial charge is 0.481 e. The number of carbonyl (C=O) groups excluding carboxylic acids is 2. The maximum Gasteiger partial charge on any atom is 0.341 e. The third kappa shape index (κ3) is 4.64. The Labute approximate surface area is 176 Å². The minimum Gasteiger partial charge on any atom is -0.481 e. The molecule has 1 heterocycles. The number of ether oxygens (including phenoxy) is 2. The second-order valence-corrected chi connectivity index (χ2v) is 8.84. The maximum atomic E-state index is 12.8. The van der Waals surface area contributed by atoms with Crippen LogP contribution in [0.5, 0.6) is 5.75 Å². The third-order valence-corrected chi connectivity index (χ3v) is 6.74. The van der Waals surface area contributed by atoms with Crippen molar-refractivity contribution in [1.82, 2.24) is 0 Å². The molecule has 0 radical (unpaired) electrons. The molecule has 3 rings (SSSR count). The van der Waals surface area contributed by atoms with Gasteiger partial charge in [-0.05, 0) is 63.1 Å². The van der Waals surface area contributed by atoms with Crippen molar-refractivity contribution in [2.75, 3.05) is 12.4 Å². The number of aryl methyl sites for hydroxylation is 2. The fraction of sp³-hybridized carbons (Fsp3) is 0.478. The Morgan fingerprint density at radius 3 is 2.72 bits per heavy atom. The standard InChI is InChI=1S/C23H29NO4S/c1-6-16-8-9-17-19(12-16)29-22(20(17)23(26)27-5)24-21(25)15(4)28-18-10-7-13(2)11-14(18)3/h7,10-11,15-16H,6,8-9,12H2,1-5H3,(H,24,25)/t15-,16+/m1/s1. The Morgan fingerprint density at radius 1 is 1.31 bits per heavy atom. The van der Waals surface area contributed by atoms with E-state index in [0.717, 1.165) is 42.4 Å². The zero-order valence-electron chi connectivity index (χ0n) is 17.8. The lowest BCUT2D eigenvalue weighted by Crippen LogP contribution is -2.30. The van der Waals surface area contributed by atoms with Crippen LogP contribution in [0.1, 0.15) is 58.6 Å². The molecule has 0 spiro atoms. The van der Waals surface area contributed by atoms with E-state index in [1.807, 2.05) is 32.0 Å². The number of hydrogen-bond acceptors (Lipinski definition) is 5. The van der Waals surface area contributed by atoms with E-state index >= 15 is 0 Å². The van der Waals surface area contributed by atoms with Crippen molar-refractivity contribution in [3.63, 3.8) is 0 Å². The lowest BCUT2D eigenvalue weighted by molar-refractivity contribution is -0.122. The highest BCUT2D eigenvalue weighted by atomic mass is 32.1. The van der Waals surface area contributed by atoms with Gasteiger partial charge in [-0.1, -0.05) is 31.0 Å². The first-order valence-corrected chi connectivity index (χ1v) is 10.9. The number of carbonyl (C=O) groups is 2. The van der Waals surface area contributed by atoms with E-state index in [1.54, 1.807) is 6.92 Å². The van der Waals surface area contributed by atoms with Gasteiger partial charge in [0.25, 0.3) is 5.91 Å². The fourth-order valence-corrected chi connectivity index (χ4v) is 5.15. The van der Waals surface area contributed by atoms with Crippen molar-refractivity contribution >= 4 is 28.2 Å². The summed E-state index contributed by atoms with van der Waals surface area (Å²) in [6.07, 6.45) is 3.28. The molecule has 0 saturated heterocycles. The highest BCUT2D eigenvalue weighted by Gasteiger charge is 2.30. The van der Waals surface area contributed by atoms with Crippen LogP contribution in [0.15, 0.2) is 18.2 Å². The van der Waals surface area contributed by atoms with Gasteiger partial charge in [0.05, 0.1) is 12.7 Å². The average molecular weight is 416 g/mol. The summed E-state index contributed by atoms with van der Waals surface area (Å²) in [7, 11) is 1.38. The summed E-state index contributed by atoms with van der Waals surface area (Å²) < 4.78 is 10.9. The Morgan fingerprint density at radius 2 is 2.07 bits per heavy atom. The molecule has 0 unspecified atom stereocenters. The van der Waals surface area contributed by atoms with Crippen LogP contribution >= 0.6 is 11.3 Å². The fourth-order valence-electron chi connectivity index (χ4n) is 3.80. The van der Waals surface area contributed by atoms with Crippen LogP contribution in [-0.2, 0) is 22.4 Å². The smallest absolute Gasteiger partial charge is 0.341 e. The van der Waals surface area contributed by atoms with Crippen molar-refractivity contribution < 1.29 is 19.1 Å². The Kier molecular flexibility index (Phi) is 6.63. The summed E-state index contributed by atoms with van der Waals surface area (Å²) in [4.78, 5) is 26.4. The number of hydrogen-bond donors (Lipinski definition) is 1. The molecule has 29 heavy (non-hydrogen) atoms. The summed E-state index contributed by atoms with van der Waals surface area (Å²) in [5.74, 6) is 0.640. The van der Waals surface area contributed by atoms with Crippen LogP contribution in [-0.4, -0.2) is 25.1 Å². The lowest BCUT2D eigenvalue weighted by atomic mass is 9.85. The zero-order chi connectivity index (χ0) is 21.1. The van der Waals surface area contributed by atoms with Gasteiger partial charge in [0.1, 0.15) is 10.8 Å². The second kappa shape index (κ2) is 8.99. The van der Waals surface area contributed by atoms with Crippen molar-refractivity contribution in [3.8, 4) is 5.75 Å². The van der Waals surface area contributed by atoms with Gasteiger partial charge in [-0.3, -0.25) is 4.79 Å².